The van der Waals surface area contributed by atoms with E-state index in [1.54, 1.807) is 5.06 Å². The Morgan fingerprint density at radius 3 is 2.22 bits per heavy atom. The number of anilines is 2. The molecule has 5 heteroatoms. The molecule has 140 valence electrons. The Balaban J connectivity index is 1.72. The Morgan fingerprint density at radius 1 is 0.926 bits per heavy atom. The molecule has 2 fully saturated rings. The first kappa shape index (κ1) is 17.7. The number of rotatable bonds is 4. The van der Waals surface area contributed by atoms with Gasteiger partial charge in [0.15, 0.2) is 6.10 Å². The minimum atomic E-state index is -0.756. The Hall–Kier alpha value is -2.66. The molecule has 0 N–H and O–H groups in total. The average molecular weight is 364 g/mol. The van der Waals surface area contributed by atoms with Crippen molar-refractivity contribution in [2.24, 2.45) is 5.92 Å². The SMILES string of the molecule is CCCC1C2C(=O)N(c3c(C)cccc3C)C(=O)C2ON1c1ccccc1. The van der Waals surface area contributed by atoms with Crippen molar-refractivity contribution >= 4 is 23.2 Å². The standard InChI is InChI=1S/C22H24N2O3/c1-4-9-17-18-20(27-24(17)16-12-6-5-7-13-16)22(26)23(21(18)25)19-14(2)10-8-11-15(19)3/h5-8,10-13,17-18,20H,4,9H2,1-3H3. The third kappa shape index (κ3) is 2.73. The van der Waals surface area contributed by atoms with Crippen LogP contribution in [0.2, 0.25) is 0 Å². The van der Waals surface area contributed by atoms with Crippen LogP contribution in [0.15, 0.2) is 48.5 Å². The molecule has 2 saturated heterocycles. The highest BCUT2D eigenvalue weighted by atomic mass is 16.7. The molecule has 2 aromatic rings. The summed E-state index contributed by atoms with van der Waals surface area (Å²) in [6.45, 7) is 5.94. The molecular weight excluding hydrogens is 340 g/mol. The van der Waals surface area contributed by atoms with Crippen molar-refractivity contribution < 1.29 is 14.4 Å². The number of imide groups is 1. The zero-order valence-corrected chi connectivity index (χ0v) is 15.9. The monoisotopic (exact) mass is 364 g/mol. The van der Waals surface area contributed by atoms with Crippen molar-refractivity contribution in [3.05, 3.63) is 59.7 Å². The van der Waals surface area contributed by atoms with Gasteiger partial charge in [-0.2, -0.15) is 0 Å². The van der Waals surface area contributed by atoms with E-state index in [0.29, 0.717) is 5.69 Å². The summed E-state index contributed by atoms with van der Waals surface area (Å²) in [5.74, 6) is -0.891. The maximum Gasteiger partial charge on any atom is 0.266 e. The predicted molar refractivity (Wildman–Crippen MR) is 104 cm³/mol. The number of carbonyl (C=O) groups excluding carboxylic acids is 2. The molecule has 2 heterocycles. The zero-order valence-electron chi connectivity index (χ0n) is 15.9. The van der Waals surface area contributed by atoms with Crippen LogP contribution in [0, 0.1) is 19.8 Å². The van der Waals surface area contributed by atoms with Crippen molar-refractivity contribution in [1.82, 2.24) is 0 Å². The first-order valence-corrected chi connectivity index (χ1v) is 9.49. The van der Waals surface area contributed by atoms with Crippen molar-refractivity contribution in [2.45, 2.75) is 45.8 Å². The van der Waals surface area contributed by atoms with E-state index in [1.807, 2.05) is 62.4 Å². The number of para-hydroxylation sites is 2. The molecule has 0 bridgehead atoms. The Labute approximate surface area is 159 Å². The molecule has 0 aliphatic carbocycles. The van der Waals surface area contributed by atoms with Crippen molar-refractivity contribution in [2.75, 3.05) is 9.96 Å². The highest BCUT2D eigenvalue weighted by molar-refractivity contribution is 6.24. The fraction of sp³-hybridized carbons (Fsp3) is 0.364. The van der Waals surface area contributed by atoms with E-state index in [4.69, 9.17) is 4.84 Å². The van der Waals surface area contributed by atoms with Gasteiger partial charge in [-0.15, -0.1) is 0 Å². The lowest BCUT2D eigenvalue weighted by molar-refractivity contribution is -0.126. The van der Waals surface area contributed by atoms with E-state index < -0.39 is 12.0 Å². The number of amides is 2. The van der Waals surface area contributed by atoms with Crippen LogP contribution in [0.1, 0.15) is 30.9 Å². The van der Waals surface area contributed by atoms with Crippen LogP contribution < -0.4 is 9.96 Å². The molecule has 5 nitrogen and oxygen atoms in total. The molecule has 3 atom stereocenters. The molecule has 0 aromatic heterocycles. The molecule has 2 aliphatic heterocycles. The summed E-state index contributed by atoms with van der Waals surface area (Å²) in [4.78, 5) is 34.0. The van der Waals surface area contributed by atoms with E-state index in [0.717, 1.165) is 29.7 Å². The third-order valence-electron chi connectivity index (χ3n) is 5.50. The molecule has 2 aliphatic rings. The van der Waals surface area contributed by atoms with Gasteiger partial charge in [-0.25, -0.2) is 9.96 Å². The molecule has 0 saturated carbocycles. The summed E-state index contributed by atoms with van der Waals surface area (Å²) in [7, 11) is 0. The minimum absolute atomic E-state index is 0.145. The van der Waals surface area contributed by atoms with Crippen LogP contribution in [0.5, 0.6) is 0 Å². The maximum absolute atomic E-state index is 13.4. The number of benzene rings is 2. The Bertz CT molecular complexity index is 860. The summed E-state index contributed by atoms with van der Waals surface area (Å²) < 4.78 is 0. The Kier molecular flexibility index (Phi) is 4.48. The van der Waals surface area contributed by atoms with Crippen molar-refractivity contribution in [1.29, 1.82) is 0 Å². The van der Waals surface area contributed by atoms with E-state index in [9.17, 15) is 9.59 Å². The van der Waals surface area contributed by atoms with E-state index in [2.05, 4.69) is 6.92 Å². The molecule has 2 amide bonds. The minimum Gasteiger partial charge on any atom is -0.273 e. The summed E-state index contributed by atoms with van der Waals surface area (Å²) >= 11 is 0. The van der Waals surface area contributed by atoms with Gasteiger partial charge < -0.3 is 0 Å². The molecule has 4 rings (SSSR count). The number of hydroxylamine groups is 1. The van der Waals surface area contributed by atoms with Gasteiger partial charge in [0, 0.05) is 0 Å². The summed E-state index contributed by atoms with van der Waals surface area (Å²) in [6, 6.07) is 15.3. The topological polar surface area (TPSA) is 49.9 Å². The van der Waals surface area contributed by atoms with Gasteiger partial charge in [-0.1, -0.05) is 49.7 Å². The smallest absolute Gasteiger partial charge is 0.266 e. The second-order valence-electron chi connectivity index (χ2n) is 7.32. The number of hydrogen-bond donors (Lipinski definition) is 0. The third-order valence-corrected chi connectivity index (χ3v) is 5.50. The van der Waals surface area contributed by atoms with Gasteiger partial charge in [-0.05, 0) is 43.5 Å². The van der Waals surface area contributed by atoms with Gasteiger partial charge in [0.1, 0.15) is 0 Å². The number of aryl methyl sites for hydroxylation is 2. The normalized spacial score (nSPS) is 24.6. The molecule has 3 unspecified atom stereocenters. The van der Waals surface area contributed by atoms with Crippen LogP contribution >= 0.6 is 0 Å². The Morgan fingerprint density at radius 2 is 1.59 bits per heavy atom. The van der Waals surface area contributed by atoms with E-state index in [-0.39, 0.29) is 17.9 Å². The van der Waals surface area contributed by atoms with Gasteiger partial charge in [0.05, 0.1) is 23.3 Å². The van der Waals surface area contributed by atoms with Crippen molar-refractivity contribution in [3.8, 4) is 0 Å². The quantitative estimate of drug-likeness (QED) is 0.775. The summed E-state index contributed by atoms with van der Waals surface area (Å²) in [5, 5.41) is 1.77. The lowest BCUT2D eigenvalue weighted by Crippen LogP contribution is -2.41. The maximum atomic E-state index is 13.4. The molecule has 0 radical (unpaired) electrons. The van der Waals surface area contributed by atoms with Crippen LogP contribution in [-0.2, 0) is 14.4 Å². The summed E-state index contributed by atoms with van der Waals surface area (Å²) in [6.07, 6.45) is 0.939. The molecule has 0 spiro atoms. The number of carbonyl (C=O) groups is 2. The lowest BCUT2D eigenvalue weighted by Gasteiger charge is -2.29. The zero-order chi connectivity index (χ0) is 19.1. The first-order valence-electron chi connectivity index (χ1n) is 9.49. The fourth-order valence-corrected chi connectivity index (χ4v) is 4.29. The fourth-order valence-electron chi connectivity index (χ4n) is 4.29. The van der Waals surface area contributed by atoms with Gasteiger partial charge >= 0.3 is 0 Å². The van der Waals surface area contributed by atoms with E-state index >= 15 is 0 Å². The molecule has 27 heavy (non-hydrogen) atoms. The highest BCUT2D eigenvalue weighted by Crippen LogP contribution is 2.42. The number of hydrogen-bond acceptors (Lipinski definition) is 4. The van der Waals surface area contributed by atoms with Gasteiger partial charge in [-0.3, -0.25) is 14.4 Å². The predicted octanol–water partition coefficient (Wildman–Crippen LogP) is 3.78. The number of fused-ring (bicyclic) bond motifs is 1. The van der Waals surface area contributed by atoms with Crippen LogP contribution in [0.25, 0.3) is 0 Å². The van der Waals surface area contributed by atoms with Gasteiger partial charge in [0.25, 0.3) is 5.91 Å². The number of nitrogens with zero attached hydrogens (tertiary/aromatic N) is 2. The van der Waals surface area contributed by atoms with Gasteiger partial charge in [0.2, 0.25) is 5.91 Å². The van der Waals surface area contributed by atoms with Crippen LogP contribution in [-0.4, -0.2) is 24.0 Å². The van der Waals surface area contributed by atoms with Crippen LogP contribution in [0.3, 0.4) is 0 Å². The lowest BCUT2D eigenvalue weighted by atomic mass is 9.93. The second kappa shape index (κ2) is 6.82. The van der Waals surface area contributed by atoms with Crippen LogP contribution in [0.4, 0.5) is 11.4 Å². The molecule has 2 aromatic carbocycles. The van der Waals surface area contributed by atoms with E-state index in [1.165, 1.54) is 4.90 Å². The first-order chi connectivity index (χ1) is 13.0. The average Bonchev–Trinajstić information content (AvgIpc) is 3.14. The van der Waals surface area contributed by atoms with Crippen molar-refractivity contribution in [3.63, 3.8) is 0 Å². The largest absolute Gasteiger partial charge is 0.273 e. The highest BCUT2D eigenvalue weighted by Gasteiger charge is 2.59. The second-order valence-corrected chi connectivity index (χ2v) is 7.32. The summed E-state index contributed by atoms with van der Waals surface area (Å²) in [5.41, 5.74) is 3.42. The molecular formula is C22H24N2O3.